The van der Waals surface area contributed by atoms with E-state index in [1.54, 1.807) is 7.05 Å². The van der Waals surface area contributed by atoms with Crippen LogP contribution in [0.15, 0.2) is 46.3 Å². The molecule has 6 heteroatoms. The van der Waals surface area contributed by atoms with Gasteiger partial charge in [0.25, 0.3) is 5.56 Å². The van der Waals surface area contributed by atoms with Gasteiger partial charge in [-0.3, -0.25) is 14.2 Å². The number of amides is 1. The summed E-state index contributed by atoms with van der Waals surface area (Å²) >= 11 is 1.29. The number of benzene rings is 2. The van der Waals surface area contributed by atoms with E-state index in [1.165, 1.54) is 16.3 Å². The van der Waals surface area contributed by atoms with Crippen molar-refractivity contribution in [2.45, 2.75) is 24.3 Å². The van der Waals surface area contributed by atoms with Gasteiger partial charge in [-0.05, 0) is 36.8 Å². The van der Waals surface area contributed by atoms with Gasteiger partial charge in [-0.25, -0.2) is 4.98 Å². The van der Waals surface area contributed by atoms with Crippen molar-refractivity contribution in [1.82, 2.24) is 14.9 Å². The Morgan fingerprint density at radius 1 is 1.29 bits per heavy atom. The summed E-state index contributed by atoms with van der Waals surface area (Å²) in [6, 6.07) is 11.7. The molecule has 5 nitrogen and oxygen atoms in total. The van der Waals surface area contributed by atoms with Gasteiger partial charge in [0.1, 0.15) is 0 Å². The maximum atomic E-state index is 12.7. The van der Waals surface area contributed by atoms with Gasteiger partial charge in [0.15, 0.2) is 5.16 Å². The molecule has 1 atom stereocenters. The molecule has 124 valence electrons. The zero-order valence-corrected chi connectivity index (χ0v) is 14.7. The molecule has 0 aliphatic heterocycles. The Balaban J connectivity index is 2.09. The van der Waals surface area contributed by atoms with Crippen molar-refractivity contribution in [3.63, 3.8) is 0 Å². The van der Waals surface area contributed by atoms with Crippen LogP contribution >= 0.6 is 11.8 Å². The minimum atomic E-state index is -0.319. The van der Waals surface area contributed by atoms with Crippen molar-refractivity contribution in [2.24, 2.45) is 7.05 Å². The number of carbonyl (C=O) groups is 1. The number of rotatable bonds is 4. The van der Waals surface area contributed by atoms with Gasteiger partial charge in [0, 0.05) is 13.6 Å². The van der Waals surface area contributed by atoms with Crippen molar-refractivity contribution in [2.75, 3.05) is 6.54 Å². The number of fused-ring (bicyclic) bond motifs is 2. The number of carbonyl (C=O) groups excluding carboxylic acids is 1. The Hall–Kier alpha value is -2.34. The molecule has 0 saturated heterocycles. The zero-order chi connectivity index (χ0) is 17.3. The summed E-state index contributed by atoms with van der Waals surface area (Å²) < 4.78 is 1.51. The first kappa shape index (κ1) is 16.5. The van der Waals surface area contributed by atoms with Gasteiger partial charge in [0.05, 0.1) is 16.2 Å². The smallest absolute Gasteiger partial charge is 0.261 e. The lowest BCUT2D eigenvalue weighted by molar-refractivity contribution is -0.120. The Bertz CT molecular complexity index is 981. The fourth-order valence-corrected chi connectivity index (χ4v) is 3.47. The van der Waals surface area contributed by atoms with Gasteiger partial charge < -0.3 is 5.32 Å². The molecule has 0 bridgehead atoms. The second kappa shape index (κ2) is 6.65. The summed E-state index contributed by atoms with van der Waals surface area (Å²) in [6.45, 7) is 4.27. The quantitative estimate of drug-likeness (QED) is 0.450. The van der Waals surface area contributed by atoms with Crippen molar-refractivity contribution >= 4 is 39.3 Å². The Kier molecular flexibility index (Phi) is 4.57. The normalized spacial score (nSPS) is 12.5. The standard InChI is InChI=1S/C18H19N3O2S/c1-4-19-16(22)11(2)24-18-20-15-10-13-8-6-5-7-12(13)9-14(15)17(23)21(18)3/h5-11H,4H2,1-3H3,(H,19,22)/t11-/m0/s1. The average Bonchev–Trinajstić information content (AvgIpc) is 2.58. The minimum Gasteiger partial charge on any atom is -0.355 e. The molecule has 0 fully saturated rings. The highest BCUT2D eigenvalue weighted by Gasteiger charge is 2.17. The monoisotopic (exact) mass is 341 g/mol. The van der Waals surface area contributed by atoms with Crippen LogP contribution in [0.1, 0.15) is 13.8 Å². The van der Waals surface area contributed by atoms with Crippen LogP contribution in [0.5, 0.6) is 0 Å². The van der Waals surface area contributed by atoms with Crippen LogP contribution in [0.4, 0.5) is 0 Å². The van der Waals surface area contributed by atoms with Crippen LogP contribution in [0.3, 0.4) is 0 Å². The Labute approximate surface area is 144 Å². The van der Waals surface area contributed by atoms with Crippen molar-refractivity contribution < 1.29 is 4.79 Å². The Morgan fingerprint density at radius 3 is 2.62 bits per heavy atom. The number of nitrogens with one attached hydrogen (secondary N) is 1. The second-order valence-electron chi connectivity index (χ2n) is 5.63. The molecule has 0 radical (unpaired) electrons. The Morgan fingerprint density at radius 2 is 1.96 bits per heavy atom. The largest absolute Gasteiger partial charge is 0.355 e. The minimum absolute atomic E-state index is 0.0599. The van der Waals surface area contributed by atoms with Crippen LogP contribution in [0.25, 0.3) is 21.7 Å². The number of nitrogens with zero attached hydrogens (tertiary/aromatic N) is 2. The summed E-state index contributed by atoms with van der Waals surface area (Å²) in [5.74, 6) is -0.0599. The van der Waals surface area contributed by atoms with E-state index in [0.29, 0.717) is 22.6 Å². The van der Waals surface area contributed by atoms with E-state index in [4.69, 9.17) is 0 Å². The number of aromatic nitrogens is 2. The second-order valence-corrected chi connectivity index (χ2v) is 6.94. The first-order valence-electron chi connectivity index (χ1n) is 7.85. The summed E-state index contributed by atoms with van der Waals surface area (Å²) in [6.07, 6.45) is 0. The molecule has 1 amide bonds. The molecule has 0 spiro atoms. The van der Waals surface area contributed by atoms with Gasteiger partial charge in [-0.2, -0.15) is 0 Å². The third kappa shape index (κ3) is 3.01. The van der Waals surface area contributed by atoms with Gasteiger partial charge in [0.2, 0.25) is 5.91 Å². The van der Waals surface area contributed by atoms with Crippen LogP contribution < -0.4 is 10.9 Å². The molecule has 1 aromatic heterocycles. The molecule has 3 rings (SSSR count). The molecule has 1 N–H and O–H groups in total. The van der Waals surface area contributed by atoms with E-state index in [1.807, 2.05) is 50.2 Å². The van der Waals surface area contributed by atoms with Crippen LogP contribution in [0.2, 0.25) is 0 Å². The zero-order valence-electron chi connectivity index (χ0n) is 13.9. The first-order valence-corrected chi connectivity index (χ1v) is 8.73. The fourth-order valence-electron chi connectivity index (χ4n) is 2.57. The third-order valence-corrected chi connectivity index (χ3v) is 5.05. The molecule has 0 aliphatic rings. The van der Waals surface area contributed by atoms with E-state index >= 15 is 0 Å². The summed E-state index contributed by atoms with van der Waals surface area (Å²) in [4.78, 5) is 29.2. The predicted octanol–water partition coefficient (Wildman–Crippen LogP) is 2.70. The van der Waals surface area contributed by atoms with Gasteiger partial charge >= 0.3 is 0 Å². The van der Waals surface area contributed by atoms with Crippen LogP contribution in [0, 0.1) is 0 Å². The molecule has 3 aromatic rings. The van der Waals surface area contributed by atoms with Crippen molar-refractivity contribution in [3.05, 3.63) is 46.8 Å². The molecular formula is C18H19N3O2S. The maximum Gasteiger partial charge on any atom is 0.261 e. The molecule has 1 heterocycles. The van der Waals surface area contributed by atoms with Crippen molar-refractivity contribution in [1.29, 1.82) is 0 Å². The highest BCUT2D eigenvalue weighted by Crippen LogP contribution is 2.24. The highest BCUT2D eigenvalue weighted by molar-refractivity contribution is 8.00. The van der Waals surface area contributed by atoms with E-state index in [0.717, 1.165) is 10.8 Å². The van der Waals surface area contributed by atoms with Crippen LogP contribution in [-0.4, -0.2) is 27.3 Å². The number of hydrogen-bond donors (Lipinski definition) is 1. The topological polar surface area (TPSA) is 64.0 Å². The maximum absolute atomic E-state index is 12.7. The molecular weight excluding hydrogens is 322 g/mol. The third-order valence-electron chi connectivity index (χ3n) is 3.90. The highest BCUT2D eigenvalue weighted by atomic mass is 32.2. The lowest BCUT2D eigenvalue weighted by Gasteiger charge is -2.13. The summed E-state index contributed by atoms with van der Waals surface area (Å²) in [7, 11) is 1.69. The molecule has 2 aromatic carbocycles. The SMILES string of the molecule is CCNC(=O)[C@H](C)Sc1nc2cc3ccccc3cc2c(=O)n1C. The fraction of sp³-hybridized carbons (Fsp3) is 0.278. The summed E-state index contributed by atoms with van der Waals surface area (Å²) in [5.41, 5.74) is 0.554. The van der Waals surface area contributed by atoms with Gasteiger partial charge in [-0.1, -0.05) is 36.0 Å². The number of hydrogen-bond acceptors (Lipinski definition) is 4. The summed E-state index contributed by atoms with van der Waals surface area (Å²) in [5, 5.41) is 5.65. The molecule has 24 heavy (non-hydrogen) atoms. The first-order chi connectivity index (χ1) is 11.5. The van der Waals surface area contributed by atoms with E-state index in [-0.39, 0.29) is 16.7 Å². The van der Waals surface area contributed by atoms with Crippen LogP contribution in [-0.2, 0) is 11.8 Å². The lowest BCUT2D eigenvalue weighted by Crippen LogP contribution is -2.31. The molecule has 0 saturated carbocycles. The molecule has 0 aliphatic carbocycles. The number of thioether (sulfide) groups is 1. The predicted molar refractivity (Wildman–Crippen MR) is 98.5 cm³/mol. The van der Waals surface area contributed by atoms with Crippen molar-refractivity contribution in [3.8, 4) is 0 Å². The van der Waals surface area contributed by atoms with E-state index < -0.39 is 0 Å². The average molecular weight is 341 g/mol. The van der Waals surface area contributed by atoms with E-state index in [2.05, 4.69) is 10.3 Å². The molecule has 0 unspecified atom stereocenters. The van der Waals surface area contributed by atoms with E-state index in [9.17, 15) is 9.59 Å². The van der Waals surface area contributed by atoms with Gasteiger partial charge in [-0.15, -0.1) is 0 Å². The lowest BCUT2D eigenvalue weighted by atomic mass is 10.1.